The summed E-state index contributed by atoms with van der Waals surface area (Å²) in [5.41, 5.74) is 3.93. The molecule has 1 saturated heterocycles. The Morgan fingerprint density at radius 3 is 2.82 bits per heavy atom. The summed E-state index contributed by atoms with van der Waals surface area (Å²) in [7, 11) is -3.50. The van der Waals surface area contributed by atoms with E-state index in [-0.39, 0.29) is 24.4 Å². The molecule has 2 heterocycles. The van der Waals surface area contributed by atoms with E-state index in [4.69, 9.17) is 0 Å². The van der Waals surface area contributed by atoms with E-state index in [2.05, 4.69) is 23.5 Å². The molecule has 150 valence electrons. The van der Waals surface area contributed by atoms with E-state index in [0.717, 1.165) is 24.8 Å². The van der Waals surface area contributed by atoms with E-state index in [0.29, 0.717) is 17.2 Å². The first-order chi connectivity index (χ1) is 13.4. The van der Waals surface area contributed by atoms with E-state index in [9.17, 15) is 13.2 Å². The van der Waals surface area contributed by atoms with Gasteiger partial charge in [0.2, 0.25) is 5.91 Å². The van der Waals surface area contributed by atoms with Crippen LogP contribution in [0.1, 0.15) is 48.9 Å². The van der Waals surface area contributed by atoms with Gasteiger partial charge in [0.25, 0.3) is 10.0 Å². The zero-order valence-electron chi connectivity index (χ0n) is 16.1. The van der Waals surface area contributed by atoms with Gasteiger partial charge in [-0.15, -0.1) is 11.3 Å². The van der Waals surface area contributed by atoms with Crippen molar-refractivity contribution in [2.24, 2.45) is 5.92 Å². The van der Waals surface area contributed by atoms with Crippen LogP contribution in [0.5, 0.6) is 0 Å². The number of piperidine rings is 1. The van der Waals surface area contributed by atoms with Crippen LogP contribution in [0.15, 0.2) is 39.9 Å². The molecule has 28 heavy (non-hydrogen) atoms. The monoisotopic (exact) mass is 418 g/mol. The molecule has 0 radical (unpaired) electrons. The van der Waals surface area contributed by atoms with Gasteiger partial charge in [0.15, 0.2) is 0 Å². The summed E-state index contributed by atoms with van der Waals surface area (Å²) in [6, 6.07) is 9.77. The summed E-state index contributed by atoms with van der Waals surface area (Å²) in [6.45, 7) is 2.73. The van der Waals surface area contributed by atoms with Gasteiger partial charge in [0.05, 0.1) is 12.0 Å². The van der Waals surface area contributed by atoms with Gasteiger partial charge in [-0.05, 0) is 67.2 Å². The molecule has 7 heteroatoms. The van der Waals surface area contributed by atoms with Crippen molar-refractivity contribution in [3.63, 3.8) is 0 Å². The maximum Gasteiger partial charge on any atom is 0.252 e. The molecule has 1 fully saturated rings. The number of fused-ring (bicyclic) bond motifs is 1. The lowest BCUT2D eigenvalue weighted by Gasteiger charge is -2.31. The predicted molar refractivity (Wildman–Crippen MR) is 111 cm³/mol. The summed E-state index contributed by atoms with van der Waals surface area (Å²) >= 11 is 1.22. The maximum absolute atomic E-state index is 12.8. The minimum Gasteiger partial charge on any atom is -0.349 e. The average molecular weight is 419 g/mol. The zero-order chi connectivity index (χ0) is 19.7. The molecule has 0 bridgehead atoms. The maximum atomic E-state index is 12.8. The van der Waals surface area contributed by atoms with Crippen molar-refractivity contribution in [3.05, 3.63) is 52.4 Å². The number of rotatable bonds is 5. The molecule has 0 saturated carbocycles. The van der Waals surface area contributed by atoms with Gasteiger partial charge >= 0.3 is 0 Å². The highest BCUT2D eigenvalue weighted by Gasteiger charge is 2.34. The Labute approximate surface area is 170 Å². The molecule has 0 spiro atoms. The van der Waals surface area contributed by atoms with Gasteiger partial charge in [-0.1, -0.05) is 24.3 Å². The average Bonchev–Trinajstić information content (AvgIpc) is 3.39. The molecular formula is C21H26N2O3S2. The van der Waals surface area contributed by atoms with E-state index < -0.39 is 10.0 Å². The number of nitrogens with zero attached hydrogens (tertiary/aromatic N) is 1. The zero-order valence-corrected chi connectivity index (χ0v) is 17.7. The van der Waals surface area contributed by atoms with Gasteiger partial charge in [0, 0.05) is 13.1 Å². The normalized spacial score (nSPS) is 21.2. The predicted octanol–water partition coefficient (Wildman–Crippen LogP) is 3.51. The molecule has 1 aromatic heterocycles. The molecular weight excluding hydrogens is 392 g/mol. The number of hydrogen-bond donors (Lipinski definition) is 1. The van der Waals surface area contributed by atoms with Crippen LogP contribution in [-0.2, 0) is 27.7 Å². The summed E-state index contributed by atoms with van der Waals surface area (Å²) in [5, 5.41) is 4.87. The Kier molecular flexibility index (Phi) is 5.58. The Bertz CT molecular complexity index is 954. The van der Waals surface area contributed by atoms with Crippen LogP contribution < -0.4 is 5.32 Å². The largest absolute Gasteiger partial charge is 0.349 e. The molecule has 2 aliphatic rings. The minimum atomic E-state index is -3.50. The van der Waals surface area contributed by atoms with Crippen molar-refractivity contribution in [3.8, 4) is 0 Å². The van der Waals surface area contributed by atoms with Crippen LogP contribution in [0.25, 0.3) is 0 Å². The van der Waals surface area contributed by atoms with E-state index in [1.54, 1.807) is 17.5 Å². The van der Waals surface area contributed by atoms with Crippen molar-refractivity contribution in [1.82, 2.24) is 9.62 Å². The number of carbonyl (C=O) groups is 1. The van der Waals surface area contributed by atoms with Crippen molar-refractivity contribution in [1.29, 1.82) is 0 Å². The second kappa shape index (κ2) is 7.97. The third-order valence-corrected chi connectivity index (χ3v) is 9.06. The topological polar surface area (TPSA) is 66.5 Å². The highest BCUT2D eigenvalue weighted by Crippen LogP contribution is 2.28. The first-order valence-electron chi connectivity index (χ1n) is 9.91. The number of carbonyl (C=O) groups excluding carboxylic acids is 1. The molecule has 4 rings (SSSR count). The quantitative estimate of drug-likeness (QED) is 0.808. The molecule has 1 amide bonds. The van der Waals surface area contributed by atoms with Gasteiger partial charge in [0.1, 0.15) is 4.21 Å². The molecule has 2 aromatic rings. The molecule has 1 N–H and O–H groups in total. The lowest BCUT2D eigenvalue weighted by Crippen LogP contribution is -2.45. The lowest BCUT2D eigenvalue weighted by molar-refractivity contribution is -0.126. The Hall–Kier alpha value is -1.70. The minimum absolute atomic E-state index is 0.0564. The van der Waals surface area contributed by atoms with E-state index in [1.807, 2.05) is 6.92 Å². The number of amides is 1. The van der Waals surface area contributed by atoms with Crippen LogP contribution in [-0.4, -0.2) is 31.7 Å². The first-order valence-corrected chi connectivity index (χ1v) is 12.2. The number of thiophene rings is 1. The fourth-order valence-corrected chi connectivity index (χ4v) is 6.86. The smallest absolute Gasteiger partial charge is 0.252 e. The highest BCUT2D eigenvalue weighted by atomic mass is 32.2. The summed E-state index contributed by atoms with van der Waals surface area (Å²) < 4.78 is 27.4. The number of benzene rings is 1. The fourth-order valence-electron chi connectivity index (χ4n) is 4.19. The van der Waals surface area contributed by atoms with Crippen molar-refractivity contribution in [2.75, 3.05) is 13.1 Å². The first kappa shape index (κ1) is 19.6. The Morgan fingerprint density at radius 1 is 1.21 bits per heavy atom. The summed E-state index contributed by atoms with van der Waals surface area (Å²) in [4.78, 5) is 12.8. The second-order valence-corrected chi connectivity index (χ2v) is 10.9. The van der Waals surface area contributed by atoms with Crippen LogP contribution in [0.2, 0.25) is 0 Å². The number of nitrogens with one attached hydrogen (secondary N) is 1. The SMILES string of the molecule is C[C@H](NC(=O)[C@@H]1CCCN(S(=O)(=O)c2cccs2)C1)c1ccc2c(c1)CCC2. The number of hydrogen-bond acceptors (Lipinski definition) is 4. The fraction of sp³-hybridized carbons (Fsp3) is 0.476. The van der Waals surface area contributed by atoms with Gasteiger partial charge in [-0.3, -0.25) is 4.79 Å². The van der Waals surface area contributed by atoms with Crippen LogP contribution in [0, 0.1) is 5.92 Å². The number of sulfonamides is 1. The third-order valence-electron chi connectivity index (χ3n) is 5.83. The molecule has 1 aliphatic heterocycles. The molecule has 1 aromatic carbocycles. The van der Waals surface area contributed by atoms with Crippen LogP contribution >= 0.6 is 11.3 Å². The Balaban J connectivity index is 1.42. The standard InChI is InChI=1S/C21H26N2O3S2/c1-15(17-10-9-16-5-2-6-18(16)13-17)22-21(24)19-7-3-11-23(14-19)28(25,26)20-8-4-12-27-20/h4,8-10,12-13,15,19H,2-3,5-7,11,14H2,1H3,(H,22,24)/t15-,19+/m0/s1. The third kappa shape index (κ3) is 3.88. The summed E-state index contributed by atoms with van der Waals surface area (Å²) in [6.07, 6.45) is 4.89. The van der Waals surface area contributed by atoms with Crippen molar-refractivity contribution in [2.45, 2.75) is 49.3 Å². The van der Waals surface area contributed by atoms with Gasteiger partial charge in [-0.25, -0.2) is 8.42 Å². The van der Waals surface area contributed by atoms with Gasteiger partial charge < -0.3 is 5.32 Å². The summed E-state index contributed by atoms with van der Waals surface area (Å²) in [5.74, 6) is -0.362. The van der Waals surface area contributed by atoms with Crippen molar-refractivity contribution < 1.29 is 13.2 Å². The molecule has 0 unspecified atom stereocenters. The second-order valence-electron chi connectivity index (χ2n) is 7.75. The van der Waals surface area contributed by atoms with Gasteiger partial charge in [-0.2, -0.15) is 4.31 Å². The molecule has 1 aliphatic carbocycles. The van der Waals surface area contributed by atoms with Crippen LogP contribution in [0.4, 0.5) is 0 Å². The Morgan fingerprint density at radius 2 is 2.04 bits per heavy atom. The molecule has 5 nitrogen and oxygen atoms in total. The number of aryl methyl sites for hydroxylation is 2. The lowest BCUT2D eigenvalue weighted by atomic mass is 9.97. The van der Waals surface area contributed by atoms with E-state index >= 15 is 0 Å². The van der Waals surface area contributed by atoms with Crippen LogP contribution in [0.3, 0.4) is 0 Å². The van der Waals surface area contributed by atoms with Crippen molar-refractivity contribution >= 4 is 27.3 Å². The van der Waals surface area contributed by atoms with E-state index in [1.165, 1.54) is 33.2 Å². The molecule has 2 atom stereocenters. The highest BCUT2D eigenvalue weighted by molar-refractivity contribution is 7.91.